The molecule has 1 aliphatic heterocycles. The van der Waals surface area contributed by atoms with Crippen LogP contribution in [0.15, 0.2) is 18.3 Å². The van der Waals surface area contributed by atoms with E-state index in [0.29, 0.717) is 18.2 Å². The molecule has 0 aromatic carbocycles. The van der Waals surface area contributed by atoms with Crippen LogP contribution in [0.5, 0.6) is 0 Å². The Morgan fingerprint density at radius 1 is 1.62 bits per heavy atom. The SMILES string of the molecule is Nc1ncccc1CC(O)CC1CCOC1. The minimum absolute atomic E-state index is 0.349. The molecule has 1 fully saturated rings. The molecule has 1 aromatic heterocycles. The first-order chi connectivity index (χ1) is 7.75. The molecule has 2 unspecified atom stereocenters. The molecule has 0 amide bonds. The number of ether oxygens (including phenoxy) is 1. The summed E-state index contributed by atoms with van der Waals surface area (Å²) in [5, 5.41) is 9.95. The highest BCUT2D eigenvalue weighted by Crippen LogP contribution is 2.20. The summed E-state index contributed by atoms with van der Waals surface area (Å²) in [6.07, 6.45) is 3.73. The number of anilines is 1. The molecule has 0 radical (unpaired) electrons. The Morgan fingerprint density at radius 3 is 3.19 bits per heavy atom. The first kappa shape index (κ1) is 11.4. The Bertz CT molecular complexity index is 338. The van der Waals surface area contributed by atoms with E-state index in [9.17, 15) is 5.11 Å². The van der Waals surface area contributed by atoms with E-state index in [4.69, 9.17) is 10.5 Å². The van der Waals surface area contributed by atoms with Crippen molar-refractivity contribution in [2.45, 2.75) is 25.4 Å². The number of nitrogens with two attached hydrogens (primary N) is 1. The fourth-order valence-corrected chi connectivity index (χ4v) is 2.11. The molecule has 2 rings (SSSR count). The Hall–Kier alpha value is -1.13. The summed E-state index contributed by atoms with van der Waals surface area (Å²) in [5.74, 6) is 1.01. The molecule has 1 saturated heterocycles. The van der Waals surface area contributed by atoms with Crippen LogP contribution < -0.4 is 5.73 Å². The van der Waals surface area contributed by atoms with Gasteiger partial charge in [0, 0.05) is 25.8 Å². The maximum absolute atomic E-state index is 9.95. The first-order valence-electron chi connectivity index (χ1n) is 5.71. The maximum atomic E-state index is 9.95. The van der Waals surface area contributed by atoms with Gasteiger partial charge < -0.3 is 15.6 Å². The number of aliphatic hydroxyl groups is 1. The van der Waals surface area contributed by atoms with E-state index < -0.39 is 0 Å². The van der Waals surface area contributed by atoms with Crippen molar-refractivity contribution >= 4 is 5.82 Å². The van der Waals surface area contributed by atoms with Gasteiger partial charge in [-0.25, -0.2) is 4.98 Å². The number of rotatable bonds is 4. The second-order valence-corrected chi connectivity index (χ2v) is 4.37. The highest BCUT2D eigenvalue weighted by molar-refractivity contribution is 5.38. The fourth-order valence-electron chi connectivity index (χ4n) is 2.11. The number of aliphatic hydroxyl groups excluding tert-OH is 1. The number of nitrogen functional groups attached to an aromatic ring is 1. The van der Waals surface area contributed by atoms with Crippen LogP contribution in [-0.2, 0) is 11.2 Å². The lowest BCUT2D eigenvalue weighted by atomic mass is 9.97. The molecular formula is C12H18N2O2. The topological polar surface area (TPSA) is 68.4 Å². The molecule has 88 valence electrons. The third-order valence-corrected chi connectivity index (χ3v) is 3.01. The van der Waals surface area contributed by atoms with Gasteiger partial charge in [-0.1, -0.05) is 6.07 Å². The maximum Gasteiger partial charge on any atom is 0.126 e. The Morgan fingerprint density at radius 2 is 2.50 bits per heavy atom. The molecule has 2 heterocycles. The van der Waals surface area contributed by atoms with Crippen LogP contribution in [0.1, 0.15) is 18.4 Å². The number of aromatic nitrogens is 1. The van der Waals surface area contributed by atoms with Gasteiger partial charge in [0.05, 0.1) is 6.10 Å². The number of hydrogen-bond donors (Lipinski definition) is 2. The van der Waals surface area contributed by atoms with Gasteiger partial charge in [0.15, 0.2) is 0 Å². The van der Waals surface area contributed by atoms with Crippen molar-refractivity contribution in [1.29, 1.82) is 0 Å². The Balaban J connectivity index is 1.86. The van der Waals surface area contributed by atoms with E-state index >= 15 is 0 Å². The van der Waals surface area contributed by atoms with Crippen molar-refractivity contribution in [3.05, 3.63) is 23.9 Å². The molecule has 0 spiro atoms. The van der Waals surface area contributed by atoms with Crippen LogP contribution in [0.2, 0.25) is 0 Å². The van der Waals surface area contributed by atoms with Crippen molar-refractivity contribution in [1.82, 2.24) is 4.98 Å². The van der Waals surface area contributed by atoms with Gasteiger partial charge in [-0.15, -0.1) is 0 Å². The standard InChI is InChI=1S/C12H18N2O2/c13-12-10(2-1-4-14-12)7-11(15)6-9-3-5-16-8-9/h1-2,4,9,11,15H,3,5-8H2,(H2,13,14). The second-order valence-electron chi connectivity index (χ2n) is 4.37. The predicted molar refractivity (Wildman–Crippen MR) is 61.9 cm³/mol. The van der Waals surface area contributed by atoms with Gasteiger partial charge in [0.1, 0.15) is 5.82 Å². The quantitative estimate of drug-likeness (QED) is 0.797. The molecule has 2 atom stereocenters. The molecule has 3 N–H and O–H groups in total. The molecule has 4 nitrogen and oxygen atoms in total. The van der Waals surface area contributed by atoms with E-state index in [1.54, 1.807) is 6.20 Å². The summed E-state index contributed by atoms with van der Waals surface area (Å²) in [7, 11) is 0. The largest absolute Gasteiger partial charge is 0.393 e. The first-order valence-corrected chi connectivity index (χ1v) is 5.71. The Labute approximate surface area is 95.4 Å². The zero-order chi connectivity index (χ0) is 11.4. The van der Waals surface area contributed by atoms with Crippen LogP contribution in [0.25, 0.3) is 0 Å². The molecule has 0 saturated carbocycles. The molecule has 1 aromatic rings. The van der Waals surface area contributed by atoms with E-state index in [1.165, 1.54) is 0 Å². The van der Waals surface area contributed by atoms with E-state index in [0.717, 1.165) is 31.6 Å². The molecular weight excluding hydrogens is 204 g/mol. The van der Waals surface area contributed by atoms with Gasteiger partial charge in [-0.3, -0.25) is 0 Å². The van der Waals surface area contributed by atoms with Crippen molar-refractivity contribution in [3.63, 3.8) is 0 Å². The smallest absolute Gasteiger partial charge is 0.126 e. The molecule has 16 heavy (non-hydrogen) atoms. The molecule has 0 aliphatic carbocycles. The van der Waals surface area contributed by atoms with Crippen LogP contribution in [0.4, 0.5) is 5.82 Å². The van der Waals surface area contributed by atoms with Gasteiger partial charge >= 0.3 is 0 Å². The highest BCUT2D eigenvalue weighted by atomic mass is 16.5. The van der Waals surface area contributed by atoms with Crippen LogP contribution in [0.3, 0.4) is 0 Å². The van der Waals surface area contributed by atoms with Gasteiger partial charge in [-0.2, -0.15) is 0 Å². The number of nitrogens with zero attached hydrogens (tertiary/aromatic N) is 1. The van der Waals surface area contributed by atoms with Crippen molar-refractivity contribution < 1.29 is 9.84 Å². The van der Waals surface area contributed by atoms with E-state index in [-0.39, 0.29) is 6.10 Å². The zero-order valence-electron chi connectivity index (χ0n) is 9.30. The molecule has 0 bridgehead atoms. The monoisotopic (exact) mass is 222 g/mol. The van der Waals surface area contributed by atoms with Crippen LogP contribution in [0, 0.1) is 5.92 Å². The predicted octanol–water partition coefficient (Wildman–Crippen LogP) is 0.994. The summed E-state index contributed by atoms with van der Waals surface area (Å²) in [6, 6.07) is 3.76. The fraction of sp³-hybridized carbons (Fsp3) is 0.583. The van der Waals surface area contributed by atoms with Crippen molar-refractivity contribution in [3.8, 4) is 0 Å². The summed E-state index contributed by atoms with van der Waals surface area (Å²) in [6.45, 7) is 1.60. The molecule has 1 aliphatic rings. The average Bonchev–Trinajstić information content (AvgIpc) is 2.74. The van der Waals surface area contributed by atoms with Gasteiger partial charge in [-0.05, 0) is 30.4 Å². The third-order valence-electron chi connectivity index (χ3n) is 3.01. The lowest BCUT2D eigenvalue weighted by Gasteiger charge is -2.14. The van der Waals surface area contributed by atoms with E-state index in [2.05, 4.69) is 4.98 Å². The summed E-state index contributed by atoms with van der Waals surface area (Å²) in [5.41, 5.74) is 6.66. The lowest BCUT2D eigenvalue weighted by Crippen LogP contribution is -2.17. The minimum atomic E-state index is -0.349. The van der Waals surface area contributed by atoms with E-state index in [1.807, 2.05) is 12.1 Å². The average molecular weight is 222 g/mol. The summed E-state index contributed by atoms with van der Waals surface area (Å²) >= 11 is 0. The highest BCUT2D eigenvalue weighted by Gasteiger charge is 2.20. The molecule has 4 heteroatoms. The number of pyridine rings is 1. The zero-order valence-corrected chi connectivity index (χ0v) is 9.30. The third kappa shape index (κ3) is 2.93. The Kier molecular flexibility index (Phi) is 3.74. The van der Waals surface area contributed by atoms with Gasteiger partial charge in [0.2, 0.25) is 0 Å². The van der Waals surface area contributed by atoms with Crippen LogP contribution >= 0.6 is 0 Å². The van der Waals surface area contributed by atoms with Crippen molar-refractivity contribution in [2.75, 3.05) is 18.9 Å². The second kappa shape index (κ2) is 5.27. The number of hydrogen-bond acceptors (Lipinski definition) is 4. The van der Waals surface area contributed by atoms with Gasteiger partial charge in [0.25, 0.3) is 0 Å². The van der Waals surface area contributed by atoms with Crippen LogP contribution in [-0.4, -0.2) is 29.4 Å². The normalized spacial score (nSPS) is 22.2. The van der Waals surface area contributed by atoms with Crippen molar-refractivity contribution in [2.24, 2.45) is 5.92 Å². The summed E-state index contributed by atoms with van der Waals surface area (Å²) in [4.78, 5) is 4.01. The minimum Gasteiger partial charge on any atom is -0.393 e. The summed E-state index contributed by atoms with van der Waals surface area (Å²) < 4.78 is 5.28. The lowest BCUT2D eigenvalue weighted by molar-refractivity contribution is 0.129.